The van der Waals surface area contributed by atoms with Crippen LogP contribution < -0.4 is 10.2 Å². The summed E-state index contributed by atoms with van der Waals surface area (Å²) in [5.41, 5.74) is 0. The van der Waals surface area contributed by atoms with Gasteiger partial charge >= 0.3 is 5.97 Å². The maximum atomic E-state index is 10.5. The summed E-state index contributed by atoms with van der Waals surface area (Å²) < 4.78 is 0. The lowest BCUT2D eigenvalue weighted by atomic mass is 9.92. The van der Waals surface area contributed by atoms with E-state index in [1.807, 2.05) is 14.0 Å². The summed E-state index contributed by atoms with van der Waals surface area (Å²) in [5.74, 6) is 1.15. The first kappa shape index (κ1) is 12.6. The molecule has 1 heterocycles. The smallest absolute Gasteiger partial charge is 0.322 e. The summed E-state index contributed by atoms with van der Waals surface area (Å²) >= 11 is 0. The molecule has 1 aromatic rings. The molecule has 1 fully saturated rings. The monoisotopic (exact) mass is 250 g/mol. The van der Waals surface area contributed by atoms with Crippen LogP contribution in [0.2, 0.25) is 0 Å². The molecule has 2 rings (SSSR count). The van der Waals surface area contributed by atoms with Crippen LogP contribution in [0.3, 0.4) is 0 Å². The molecule has 0 aliphatic heterocycles. The van der Waals surface area contributed by atoms with E-state index < -0.39 is 5.97 Å². The molecule has 2 N–H and O–H groups in total. The number of aromatic nitrogens is 2. The number of rotatable bonds is 5. The summed E-state index contributed by atoms with van der Waals surface area (Å²) in [4.78, 5) is 21.2. The summed E-state index contributed by atoms with van der Waals surface area (Å²) in [5, 5.41) is 11.4. The lowest BCUT2D eigenvalue weighted by Crippen LogP contribution is -2.37. The molecule has 0 bridgehead atoms. The van der Waals surface area contributed by atoms with Crippen molar-refractivity contribution in [2.45, 2.75) is 32.2 Å². The fourth-order valence-corrected chi connectivity index (χ4v) is 1.95. The van der Waals surface area contributed by atoms with Gasteiger partial charge in [-0.3, -0.25) is 4.79 Å². The van der Waals surface area contributed by atoms with E-state index in [2.05, 4.69) is 20.2 Å². The predicted octanol–water partition coefficient (Wildman–Crippen LogP) is 1.27. The number of anilines is 2. The van der Waals surface area contributed by atoms with Crippen molar-refractivity contribution >= 4 is 17.6 Å². The molecule has 0 unspecified atom stereocenters. The van der Waals surface area contributed by atoms with Crippen LogP contribution in [-0.4, -0.2) is 40.7 Å². The standard InChI is InChI=1S/C12H18N4O2/c1-8-14-10(13-7-12(17)18)6-11(15-8)16(2)9-4-3-5-9/h6,9H,3-5,7H2,1-2H3,(H,17,18)(H,13,14,15). The molecule has 6 heteroatoms. The molecule has 6 nitrogen and oxygen atoms in total. The fraction of sp³-hybridized carbons (Fsp3) is 0.583. The van der Waals surface area contributed by atoms with E-state index in [9.17, 15) is 4.79 Å². The van der Waals surface area contributed by atoms with Gasteiger partial charge < -0.3 is 15.3 Å². The highest BCUT2D eigenvalue weighted by Crippen LogP contribution is 2.27. The number of carboxylic acids is 1. The largest absolute Gasteiger partial charge is 0.480 e. The van der Waals surface area contributed by atoms with Crippen LogP contribution in [0.1, 0.15) is 25.1 Å². The average molecular weight is 250 g/mol. The van der Waals surface area contributed by atoms with Crippen LogP contribution in [0.15, 0.2) is 6.07 Å². The number of hydrogen-bond acceptors (Lipinski definition) is 5. The van der Waals surface area contributed by atoms with E-state index in [4.69, 9.17) is 5.11 Å². The Balaban J connectivity index is 2.12. The van der Waals surface area contributed by atoms with E-state index in [0.717, 1.165) is 5.82 Å². The molecule has 0 radical (unpaired) electrons. The van der Waals surface area contributed by atoms with Crippen molar-refractivity contribution in [3.05, 3.63) is 11.9 Å². The lowest BCUT2D eigenvalue weighted by molar-refractivity contribution is -0.134. The molecule has 1 aromatic heterocycles. The molecule has 0 amide bonds. The number of carbonyl (C=O) groups is 1. The summed E-state index contributed by atoms with van der Waals surface area (Å²) in [7, 11) is 2.02. The first-order valence-corrected chi connectivity index (χ1v) is 6.10. The minimum atomic E-state index is -0.903. The van der Waals surface area contributed by atoms with Gasteiger partial charge in [0, 0.05) is 19.2 Å². The predicted molar refractivity (Wildman–Crippen MR) is 68.9 cm³/mol. The van der Waals surface area contributed by atoms with E-state index in [1.165, 1.54) is 19.3 Å². The zero-order chi connectivity index (χ0) is 13.1. The SMILES string of the molecule is Cc1nc(NCC(=O)O)cc(N(C)C2CCC2)n1. The first-order valence-electron chi connectivity index (χ1n) is 6.10. The van der Waals surface area contributed by atoms with Gasteiger partial charge in [-0.1, -0.05) is 0 Å². The van der Waals surface area contributed by atoms with Crippen LogP contribution in [-0.2, 0) is 4.79 Å². The highest BCUT2D eigenvalue weighted by Gasteiger charge is 2.23. The Morgan fingerprint density at radius 3 is 2.83 bits per heavy atom. The summed E-state index contributed by atoms with van der Waals surface area (Å²) in [6.45, 7) is 1.67. The molecular formula is C12H18N4O2. The Kier molecular flexibility index (Phi) is 3.64. The van der Waals surface area contributed by atoms with Gasteiger partial charge in [0.25, 0.3) is 0 Å². The van der Waals surface area contributed by atoms with Gasteiger partial charge in [0.05, 0.1) is 0 Å². The second kappa shape index (κ2) is 5.20. The molecule has 0 spiro atoms. The van der Waals surface area contributed by atoms with Crippen LogP contribution in [0.5, 0.6) is 0 Å². The third kappa shape index (κ3) is 2.88. The summed E-state index contributed by atoms with van der Waals surface area (Å²) in [6.07, 6.45) is 3.65. The van der Waals surface area contributed by atoms with Crippen LogP contribution >= 0.6 is 0 Å². The van der Waals surface area contributed by atoms with Gasteiger partial charge in [0.2, 0.25) is 0 Å². The number of aryl methyl sites for hydroxylation is 1. The van der Waals surface area contributed by atoms with Gasteiger partial charge in [-0.25, -0.2) is 9.97 Å². The van der Waals surface area contributed by atoms with Gasteiger partial charge in [-0.05, 0) is 26.2 Å². The number of nitrogens with one attached hydrogen (secondary N) is 1. The number of hydrogen-bond donors (Lipinski definition) is 2. The Morgan fingerprint density at radius 2 is 2.28 bits per heavy atom. The maximum absolute atomic E-state index is 10.5. The van der Waals surface area contributed by atoms with Gasteiger partial charge in [-0.15, -0.1) is 0 Å². The number of carboxylic acid groups (broad SMARTS) is 1. The minimum absolute atomic E-state index is 0.136. The quantitative estimate of drug-likeness (QED) is 0.819. The topological polar surface area (TPSA) is 78.3 Å². The van der Waals surface area contributed by atoms with Gasteiger partial charge in [0.1, 0.15) is 24.0 Å². The van der Waals surface area contributed by atoms with E-state index in [1.54, 1.807) is 6.07 Å². The highest BCUT2D eigenvalue weighted by atomic mass is 16.4. The fourth-order valence-electron chi connectivity index (χ4n) is 1.95. The maximum Gasteiger partial charge on any atom is 0.322 e. The highest BCUT2D eigenvalue weighted by molar-refractivity contribution is 5.72. The second-order valence-electron chi connectivity index (χ2n) is 4.60. The molecule has 1 aliphatic rings. The van der Waals surface area contributed by atoms with Crippen molar-refractivity contribution in [2.24, 2.45) is 0 Å². The average Bonchev–Trinajstić information content (AvgIpc) is 2.23. The van der Waals surface area contributed by atoms with Crippen molar-refractivity contribution in [2.75, 3.05) is 23.8 Å². The van der Waals surface area contributed by atoms with Crippen molar-refractivity contribution in [3.63, 3.8) is 0 Å². The van der Waals surface area contributed by atoms with Crippen molar-refractivity contribution in [1.82, 2.24) is 9.97 Å². The van der Waals surface area contributed by atoms with Gasteiger partial charge in [-0.2, -0.15) is 0 Å². The van der Waals surface area contributed by atoms with Crippen molar-refractivity contribution in [1.29, 1.82) is 0 Å². The first-order chi connectivity index (χ1) is 8.56. The molecule has 0 atom stereocenters. The van der Waals surface area contributed by atoms with Crippen LogP contribution in [0, 0.1) is 6.92 Å². The molecule has 0 saturated heterocycles. The Bertz CT molecular complexity index is 446. The molecular weight excluding hydrogens is 232 g/mol. The van der Waals surface area contributed by atoms with E-state index >= 15 is 0 Å². The molecule has 1 aliphatic carbocycles. The normalized spacial score (nSPS) is 15.0. The minimum Gasteiger partial charge on any atom is -0.480 e. The lowest BCUT2D eigenvalue weighted by Gasteiger charge is -2.35. The molecule has 0 aromatic carbocycles. The van der Waals surface area contributed by atoms with Gasteiger partial charge in [0.15, 0.2) is 0 Å². The molecule has 98 valence electrons. The summed E-state index contributed by atoms with van der Waals surface area (Å²) in [6, 6.07) is 2.35. The third-order valence-electron chi connectivity index (χ3n) is 3.23. The zero-order valence-electron chi connectivity index (χ0n) is 10.7. The second-order valence-corrected chi connectivity index (χ2v) is 4.60. The van der Waals surface area contributed by atoms with Crippen molar-refractivity contribution < 1.29 is 9.90 Å². The third-order valence-corrected chi connectivity index (χ3v) is 3.23. The number of aliphatic carboxylic acids is 1. The van der Waals surface area contributed by atoms with Crippen molar-refractivity contribution in [3.8, 4) is 0 Å². The Morgan fingerprint density at radius 1 is 1.56 bits per heavy atom. The Labute approximate surface area is 106 Å². The molecule has 18 heavy (non-hydrogen) atoms. The van der Waals surface area contributed by atoms with E-state index in [0.29, 0.717) is 17.7 Å². The molecule has 1 saturated carbocycles. The van der Waals surface area contributed by atoms with E-state index in [-0.39, 0.29) is 6.54 Å². The number of nitrogens with zero attached hydrogens (tertiary/aromatic N) is 3. The Hall–Kier alpha value is -1.85. The van der Waals surface area contributed by atoms with Crippen LogP contribution in [0.4, 0.5) is 11.6 Å². The van der Waals surface area contributed by atoms with Crippen LogP contribution in [0.25, 0.3) is 0 Å². The zero-order valence-corrected chi connectivity index (χ0v) is 10.7.